The molecule has 252 valence electrons. The second-order valence-electron chi connectivity index (χ2n) is 12.0. The molecule has 0 aromatic heterocycles. The predicted octanol–water partition coefficient (Wildman–Crippen LogP) is 3.61. The zero-order valence-electron chi connectivity index (χ0n) is 27.0. The van der Waals surface area contributed by atoms with Crippen molar-refractivity contribution in [3.63, 3.8) is 0 Å². The van der Waals surface area contributed by atoms with Crippen LogP contribution >= 0.6 is 0 Å². The molecule has 7 heteroatoms. The Morgan fingerprint density at radius 3 is 0.880 bits per heavy atom. The fraction of sp³-hybridized carbons (Fsp3) is 0.116. The second kappa shape index (κ2) is 16.2. The van der Waals surface area contributed by atoms with E-state index in [1.807, 2.05) is 36.4 Å². The topological polar surface area (TPSA) is 43.2 Å². The van der Waals surface area contributed by atoms with Crippen LogP contribution in [0.15, 0.2) is 192 Å². The van der Waals surface area contributed by atoms with Crippen LogP contribution in [0.5, 0.6) is 0 Å². The summed E-state index contributed by atoms with van der Waals surface area (Å²) in [6, 6.07) is 61.9. The number of halogens is 2. The molecule has 6 aromatic carbocycles. The number of aliphatic imine (C=N–C) groups is 2. The minimum Gasteiger partial charge on any atom is -1.00 e. The van der Waals surface area contributed by atoms with Crippen LogP contribution in [-0.2, 0) is 37.2 Å². The maximum Gasteiger partial charge on any atom is 2.00 e. The van der Waals surface area contributed by atoms with Crippen LogP contribution < -0.4 is 34.0 Å². The van der Waals surface area contributed by atoms with Crippen LogP contribution in [0.4, 0.5) is 0 Å². The van der Waals surface area contributed by atoms with Crippen molar-refractivity contribution in [1.82, 2.24) is 0 Å². The van der Waals surface area contributed by atoms with E-state index >= 15 is 0 Å². The van der Waals surface area contributed by atoms with E-state index in [4.69, 9.17) is 19.5 Å². The van der Waals surface area contributed by atoms with Crippen LogP contribution in [0, 0.1) is 0 Å². The normalized spacial score (nSPS) is 18.1. The number of hydrogen-bond donors (Lipinski definition) is 0. The van der Waals surface area contributed by atoms with E-state index in [0.29, 0.717) is 18.2 Å². The number of hydrogen-bond acceptors (Lipinski definition) is 4. The summed E-state index contributed by atoms with van der Waals surface area (Å²) in [5.41, 5.74) is 4.58. The molecule has 0 unspecified atom stereocenters. The summed E-state index contributed by atoms with van der Waals surface area (Å²) in [7, 11) is 0. The molecule has 8 rings (SSSR count). The molecule has 0 spiro atoms. The molecular weight excluding hydrogens is 795 g/mol. The summed E-state index contributed by atoms with van der Waals surface area (Å²) in [6.07, 6.45) is 0.315. The van der Waals surface area contributed by atoms with Crippen molar-refractivity contribution in [3.05, 3.63) is 215 Å². The zero-order valence-corrected chi connectivity index (χ0v) is 31.1. The van der Waals surface area contributed by atoms with Gasteiger partial charge in [0.2, 0.25) is 0 Å². The van der Waals surface area contributed by atoms with Gasteiger partial charge in [-0.05, 0) is 11.1 Å². The molecule has 0 aliphatic carbocycles. The van der Waals surface area contributed by atoms with Gasteiger partial charge >= 0.3 is 16.5 Å². The average Bonchev–Trinajstić information content (AvgIpc) is 3.74. The standard InChI is InChI=1S/C43H34N2O2.2BrH.Ni/c1-7-19-32(20-8-1)40-42(34-23-11-3-12-24-34,35-25-13-4-14-26-35)46-38(44-40)31-39-45-41(33-21-9-2-10-22-33)43(47-39,36-27-15-5-16-28-36)37-29-17-6-18-30-37;;;/h1-30,40-41H,31H2;2*1H;/q;;;+2/p-2/t40-,41-;;;/m1.../s1. The summed E-state index contributed by atoms with van der Waals surface area (Å²) in [5, 5.41) is 0. The van der Waals surface area contributed by atoms with E-state index in [0.717, 1.165) is 33.4 Å². The monoisotopic (exact) mass is 826 g/mol. The van der Waals surface area contributed by atoms with Gasteiger partial charge in [-0.15, -0.1) is 0 Å². The van der Waals surface area contributed by atoms with Crippen molar-refractivity contribution >= 4 is 11.8 Å². The molecular formula is C43H34Br2N2NiO2. The molecule has 6 aromatic rings. The third-order valence-electron chi connectivity index (χ3n) is 9.22. The van der Waals surface area contributed by atoms with Crippen molar-refractivity contribution in [1.29, 1.82) is 0 Å². The van der Waals surface area contributed by atoms with Crippen LogP contribution in [0.2, 0.25) is 0 Å². The summed E-state index contributed by atoms with van der Waals surface area (Å²) in [4.78, 5) is 10.7. The molecule has 2 aliphatic heterocycles. The van der Waals surface area contributed by atoms with Gasteiger partial charge in [-0.2, -0.15) is 0 Å². The van der Waals surface area contributed by atoms with Gasteiger partial charge in [0.25, 0.3) is 0 Å². The minimum atomic E-state index is -0.868. The van der Waals surface area contributed by atoms with E-state index < -0.39 is 11.2 Å². The molecule has 50 heavy (non-hydrogen) atoms. The first-order chi connectivity index (χ1) is 23.3. The first-order valence-corrected chi connectivity index (χ1v) is 16.1. The van der Waals surface area contributed by atoms with Crippen LogP contribution in [0.1, 0.15) is 51.9 Å². The van der Waals surface area contributed by atoms with Gasteiger partial charge in [0, 0.05) is 22.3 Å². The van der Waals surface area contributed by atoms with Gasteiger partial charge < -0.3 is 43.4 Å². The molecule has 2 aliphatic rings. The summed E-state index contributed by atoms with van der Waals surface area (Å²) in [6.45, 7) is 0. The maximum atomic E-state index is 7.16. The molecule has 2 heterocycles. The quantitative estimate of drug-likeness (QED) is 0.221. The maximum absolute atomic E-state index is 7.16. The van der Waals surface area contributed by atoms with Crippen molar-refractivity contribution in [2.75, 3.05) is 0 Å². The van der Waals surface area contributed by atoms with E-state index in [9.17, 15) is 0 Å². The molecule has 0 radical (unpaired) electrons. The van der Waals surface area contributed by atoms with Gasteiger partial charge in [-0.3, -0.25) is 0 Å². The fourth-order valence-electron chi connectivity index (χ4n) is 7.13. The molecule has 2 atom stereocenters. The number of ether oxygens (including phenoxy) is 2. The van der Waals surface area contributed by atoms with Crippen molar-refractivity contribution in [2.24, 2.45) is 9.98 Å². The van der Waals surface area contributed by atoms with Crippen LogP contribution in [0.3, 0.4) is 0 Å². The molecule has 0 amide bonds. The van der Waals surface area contributed by atoms with E-state index in [-0.39, 0.29) is 62.5 Å². The third kappa shape index (κ3) is 6.63. The summed E-state index contributed by atoms with van der Waals surface area (Å²) in [5.74, 6) is 1.18. The van der Waals surface area contributed by atoms with E-state index in [1.165, 1.54) is 0 Å². The zero-order chi connectivity index (χ0) is 31.5. The molecule has 0 fully saturated rings. The molecule has 4 nitrogen and oxygen atoms in total. The Labute approximate surface area is 324 Å². The van der Waals surface area contributed by atoms with Gasteiger partial charge in [-0.25, -0.2) is 9.98 Å². The second-order valence-corrected chi connectivity index (χ2v) is 12.0. The first kappa shape index (κ1) is 37.0. The Morgan fingerprint density at radius 2 is 0.620 bits per heavy atom. The van der Waals surface area contributed by atoms with Gasteiger partial charge in [0.1, 0.15) is 12.1 Å². The molecule has 0 saturated heterocycles. The van der Waals surface area contributed by atoms with Gasteiger partial charge in [-0.1, -0.05) is 182 Å². The van der Waals surface area contributed by atoms with Crippen molar-refractivity contribution in [2.45, 2.75) is 29.7 Å². The van der Waals surface area contributed by atoms with Gasteiger partial charge in [0.15, 0.2) is 23.0 Å². The predicted molar refractivity (Wildman–Crippen MR) is 187 cm³/mol. The number of benzene rings is 6. The van der Waals surface area contributed by atoms with Crippen molar-refractivity contribution < 1.29 is 59.9 Å². The van der Waals surface area contributed by atoms with E-state index in [2.05, 4.69) is 146 Å². The number of rotatable bonds is 8. The average molecular weight is 829 g/mol. The smallest absolute Gasteiger partial charge is 1.00 e. The Hall–Kier alpha value is -4.29. The summed E-state index contributed by atoms with van der Waals surface area (Å²) >= 11 is 0. The number of nitrogens with zero attached hydrogens (tertiary/aromatic N) is 2. The SMILES string of the molecule is [Br-].[Br-].[Ni+2].c1ccc([C@H]2N=C(CC3=N[C@H](c4ccccc4)C(c4ccccc4)(c4ccccc4)O3)OC2(c2ccccc2)c2ccccc2)cc1. The molecule has 0 bridgehead atoms. The Balaban J connectivity index is 0.00000162. The Morgan fingerprint density at radius 1 is 0.380 bits per heavy atom. The van der Waals surface area contributed by atoms with E-state index in [1.54, 1.807) is 0 Å². The van der Waals surface area contributed by atoms with Crippen molar-refractivity contribution in [3.8, 4) is 0 Å². The third-order valence-corrected chi connectivity index (χ3v) is 9.22. The van der Waals surface area contributed by atoms with Gasteiger partial charge in [0.05, 0.1) is 6.42 Å². The molecule has 0 N–H and O–H groups in total. The first-order valence-electron chi connectivity index (χ1n) is 16.1. The Kier molecular flexibility index (Phi) is 12.0. The minimum absolute atomic E-state index is 0. The summed E-state index contributed by atoms with van der Waals surface area (Å²) < 4.78 is 14.3. The molecule has 0 saturated carbocycles. The largest absolute Gasteiger partial charge is 2.00 e. The fourth-order valence-corrected chi connectivity index (χ4v) is 7.13. The van der Waals surface area contributed by atoms with Crippen LogP contribution in [0.25, 0.3) is 0 Å². The van der Waals surface area contributed by atoms with Crippen LogP contribution in [-0.4, -0.2) is 11.8 Å². The Bertz CT molecular complexity index is 1790.